The number of carbonyl (C=O) groups excluding carboxylic acids is 1. The van der Waals surface area contributed by atoms with Crippen LogP contribution in [0.1, 0.15) is 22.3 Å². The monoisotopic (exact) mass is 484 g/mol. The number of nitrogens with one attached hydrogen (secondary N) is 1. The molecule has 5 aromatic rings. The molecule has 0 bridgehead atoms. The molecule has 7 heteroatoms. The van der Waals surface area contributed by atoms with Crippen molar-refractivity contribution in [1.29, 1.82) is 0 Å². The normalized spacial score (nSPS) is 11.3. The van der Waals surface area contributed by atoms with Crippen LogP contribution in [0, 0.1) is 20.8 Å². The molecule has 0 spiro atoms. The van der Waals surface area contributed by atoms with E-state index in [1.54, 1.807) is 17.0 Å². The Balaban J connectivity index is 1.61. The molecule has 0 aliphatic rings. The third-order valence-electron chi connectivity index (χ3n) is 6.09. The van der Waals surface area contributed by atoms with Gasteiger partial charge in [-0.25, -0.2) is 4.98 Å². The SMILES string of the molecule is Cc1cc(C)cc(NC(=O)Cn2c3ccc(C)cc3c3ncn(Cc4ccccc4Cl)c(=O)c32)c1. The number of hydrogen-bond donors (Lipinski definition) is 1. The Kier molecular flexibility index (Phi) is 5.91. The topological polar surface area (TPSA) is 68.9 Å². The van der Waals surface area contributed by atoms with Crippen LogP contribution in [0.15, 0.2) is 71.8 Å². The van der Waals surface area contributed by atoms with Crippen molar-refractivity contribution in [2.24, 2.45) is 0 Å². The van der Waals surface area contributed by atoms with Crippen LogP contribution in [0.3, 0.4) is 0 Å². The highest BCUT2D eigenvalue weighted by Crippen LogP contribution is 2.27. The molecule has 176 valence electrons. The molecule has 5 rings (SSSR count). The molecule has 35 heavy (non-hydrogen) atoms. The second kappa shape index (κ2) is 9.04. The van der Waals surface area contributed by atoms with E-state index in [9.17, 15) is 9.59 Å². The van der Waals surface area contributed by atoms with Gasteiger partial charge in [0.1, 0.15) is 17.6 Å². The van der Waals surface area contributed by atoms with Gasteiger partial charge in [-0.1, -0.05) is 47.5 Å². The number of anilines is 1. The van der Waals surface area contributed by atoms with Gasteiger partial charge in [-0.2, -0.15) is 0 Å². The largest absolute Gasteiger partial charge is 0.325 e. The minimum atomic E-state index is -0.219. The molecule has 0 aliphatic carbocycles. The van der Waals surface area contributed by atoms with E-state index < -0.39 is 0 Å². The van der Waals surface area contributed by atoms with Crippen LogP contribution >= 0.6 is 11.6 Å². The third kappa shape index (κ3) is 4.45. The van der Waals surface area contributed by atoms with Crippen LogP contribution < -0.4 is 10.9 Å². The molecule has 0 fully saturated rings. The van der Waals surface area contributed by atoms with Gasteiger partial charge in [0.05, 0.1) is 18.4 Å². The summed E-state index contributed by atoms with van der Waals surface area (Å²) in [7, 11) is 0. The predicted octanol–water partition coefficient (Wildman–Crippen LogP) is 5.62. The number of benzene rings is 3. The number of aromatic nitrogens is 3. The molecule has 6 nitrogen and oxygen atoms in total. The Bertz CT molecular complexity index is 1650. The maximum absolute atomic E-state index is 13.7. The average molecular weight is 485 g/mol. The van der Waals surface area contributed by atoms with Gasteiger partial charge in [-0.15, -0.1) is 0 Å². The first-order valence-corrected chi connectivity index (χ1v) is 11.8. The van der Waals surface area contributed by atoms with Gasteiger partial charge in [-0.05, 0) is 67.8 Å². The zero-order valence-electron chi connectivity index (χ0n) is 19.8. The predicted molar refractivity (Wildman–Crippen MR) is 141 cm³/mol. The first kappa shape index (κ1) is 22.9. The summed E-state index contributed by atoms with van der Waals surface area (Å²) in [6, 6.07) is 19.2. The van der Waals surface area contributed by atoms with Crippen molar-refractivity contribution >= 4 is 45.1 Å². The molecule has 1 amide bonds. The highest BCUT2D eigenvalue weighted by Gasteiger charge is 2.19. The molecule has 3 aromatic carbocycles. The number of amides is 1. The fourth-order valence-corrected chi connectivity index (χ4v) is 4.79. The van der Waals surface area contributed by atoms with Crippen molar-refractivity contribution in [3.63, 3.8) is 0 Å². The minimum Gasteiger partial charge on any atom is -0.325 e. The number of nitrogens with zero attached hydrogens (tertiary/aromatic N) is 3. The second-order valence-electron chi connectivity index (χ2n) is 9.00. The second-order valence-corrected chi connectivity index (χ2v) is 9.40. The van der Waals surface area contributed by atoms with Crippen molar-refractivity contribution in [1.82, 2.24) is 14.1 Å². The third-order valence-corrected chi connectivity index (χ3v) is 6.46. The van der Waals surface area contributed by atoms with Gasteiger partial charge < -0.3 is 9.88 Å². The zero-order valence-corrected chi connectivity index (χ0v) is 20.6. The summed E-state index contributed by atoms with van der Waals surface area (Å²) < 4.78 is 3.30. The number of rotatable bonds is 5. The van der Waals surface area contributed by atoms with Crippen LogP contribution in [0.5, 0.6) is 0 Å². The fraction of sp³-hybridized carbons (Fsp3) is 0.179. The van der Waals surface area contributed by atoms with Gasteiger partial charge in [-0.3, -0.25) is 14.2 Å². The van der Waals surface area contributed by atoms with Crippen molar-refractivity contribution in [3.8, 4) is 0 Å². The molecule has 0 saturated heterocycles. The van der Waals surface area contributed by atoms with Crippen molar-refractivity contribution in [2.45, 2.75) is 33.9 Å². The first-order chi connectivity index (χ1) is 16.8. The highest BCUT2D eigenvalue weighted by molar-refractivity contribution is 6.31. The van der Waals surface area contributed by atoms with Crippen molar-refractivity contribution in [3.05, 3.63) is 105 Å². The Morgan fingerprint density at radius 1 is 0.971 bits per heavy atom. The smallest absolute Gasteiger partial charge is 0.278 e. The molecule has 0 saturated carbocycles. The first-order valence-electron chi connectivity index (χ1n) is 11.4. The summed E-state index contributed by atoms with van der Waals surface area (Å²) in [4.78, 5) is 31.4. The Morgan fingerprint density at radius 3 is 2.46 bits per heavy atom. The number of carbonyl (C=O) groups is 1. The number of halogens is 1. The summed E-state index contributed by atoms with van der Waals surface area (Å²) in [6.45, 7) is 6.25. The van der Waals surface area contributed by atoms with E-state index >= 15 is 0 Å². The lowest BCUT2D eigenvalue weighted by atomic mass is 10.1. The average Bonchev–Trinajstić information content (AvgIpc) is 3.09. The van der Waals surface area contributed by atoms with E-state index in [4.69, 9.17) is 11.6 Å². The van der Waals surface area contributed by atoms with E-state index in [0.717, 1.165) is 38.8 Å². The summed E-state index contributed by atoms with van der Waals surface area (Å²) in [5.41, 5.74) is 6.31. The molecule has 2 heterocycles. The van der Waals surface area contributed by atoms with Crippen LogP contribution in [-0.4, -0.2) is 20.0 Å². The van der Waals surface area contributed by atoms with E-state index in [1.807, 2.05) is 69.3 Å². The highest BCUT2D eigenvalue weighted by atomic mass is 35.5. The lowest BCUT2D eigenvalue weighted by molar-refractivity contribution is -0.116. The molecule has 2 aromatic heterocycles. The summed E-state index contributed by atoms with van der Waals surface area (Å²) in [6.07, 6.45) is 1.55. The fourth-order valence-electron chi connectivity index (χ4n) is 4.59. The van der Waals surface area contributed by atoms with Gasteiger partial charge in [0.15, 0.2) is 0 Å². The summed E-state index contributed by atoms with van der Waals surface area (Å²) >= 11 is 6.33. The van der Waals surface area contributed by atoms with E-state index in [-0.39, 0.29) is 24.6 Å². The standard InChI is InChI=1S/C28H25ClN4O2/c1-17-8-9-24-22(13-17)26-27(28(35)32(16-30-26)14-20-6-4-5-7-23(20)29)33(24)15-25(34)31-21-11-18(2)10-19(3)12-21/h4-13,16H,14-15H2,1-3H3,(H,31,34). The summed E-state index contributed by atoms with van der Waals surface area (Å²) in [5, 5.41) is 4.41. The van der Waals surface area contributed by atoms with Gasteiger partial charge in [0.25, 0.3) is 5.56 Å². The quantitative estimate of drug-likeness (QED) is 0.352. The number of fused-ring (bicyclic) bond motifs is 3. The maximum Gasteiger partial charge on any atom is 0.278 e. The molecule has 1 N–H and O–H groups in total. The molecular weight excluding hydrogens is 460 g/mol. The molecular formula is C28H25ClN4O2. The Hall–Kier alpha value is -3.90. The zero-order chi connectivity index (χ0) is 24.7. The minimum absolute atomic E-state index is 0.0108. The van der Waals surface area contributed by atoms with E-state index in [1.165, 1.54) is 4.57 Å². The lowest BCUT2D eigenvalue weighted by Crippen LogP contribution is -2.25. The summed E-state index contributed by atoms with van der Waals surface area (Å²) in [5.74, 6) is -0.213. The van der Waals surface area contributed by atoms with Crippen molar-refractivity contribution in [2.75, 3.05) is 5.32 Å². The molecule has 0 radical (unpaired) electrons. The maximum atomic E-state index is 13.7. The lowest BCUT2D eigenvalue weighted by Gasteiger charge is -2.11. The van der Waals surface area contributed by atoms with Crippen LogP contribution in [0.4, 0.5) is 5.69 Å². The van der Waals surface area contributed by atoms with Gasteiger partial charge in [0.2, 0.25) is 5.91 Å². The molecule has 0 aliphatic heterocycles. The number of aryl methyl sites for hydroxylation is 3. The van der Waals surface area contributed by atoms with Crippen molar-refractivity contribution < 1.29 is 4.79 Å². The molecule has 0 atom stereocenters. The Morgan fingerprint density at radius 2 is 1.71 bits per heavy atom. The molecule has 0 unspecified atom stereocenters. The number of hydrogen-bond acceptors (Lipinski definition) is 3. The van der Waals surface area contributed by atoms with Crippen LogP contribution in [0.2, 0.25) is 5.02 Å². The van der Waals surface area contributed by atoms with Gasteiger partial charge in [0, 0.05) is 16.1 Å². The Labute approximate surface area is 207 Å². The van der Waals surface area contributed by atoms with Crippen LogP contribution in [0.25, 0.3) is 21.9 Å². The van der Waals surface area contributed by atoms with E-state index in [0.29, 0.717) is 16.1 Å². The van der Waals surface area contributed by atoms with E-state index in [2.05, 4.69) is 16.4 Å². The van der Waals surface area contributed by atoms with Gasteiger partial charge >= 0.3 is 0 Å². The van der Waals surface area contributed by atoms with Crippen LogP contribution in [-0.2, 0) is 17.9 Å².